The molecule has 0 heterocycles. The van der Waals surface area contributed by atoms with Gasteiger partial charge in [0.25, 0.3) is 0 Å². The highest BCUT2D eigenvalue weighted by Gasteiger charge is 2.18. The van der Waals surface area contributed by atoms with Crippen molar-refractivity contribution >= 4 is 33.2 Å². The first kappa shape index (κ1) is 18.3. The monoisotopic (exact) mass is 366 g/mol. The van der Waals surface area contributed by atoms with Gasteiger partial charge in [-0.2, -0.15) is 0 Å². The lowest BCUT2D eigenvalue weighted by molar-refractivity contribution is -0.121. The molecular formula is C17H19ClN2O3S. The molecule has 0 radical (unpaired) electrons. The summed E-state index contributed by atoms with van der Waals surface area (Å²) in [6.07, 6.45) is 1.21. The summed E-state index contributed by atoms with van der Waals surface area (Å²) in [5, 5.41) is 3.41. The topological polar surface area (TPSA) is 66.5 Å². The standard InChI is InChI=1S/C17H19ClN2O3S/c1-24(22,23)20(16-5-3-2-4-6-16)12-11-17(21)19-13-14-7-9-15(18)10-8-14/h2-10H,11-13H2,1H3,(H,19,21). The van der Waals surface area contributed by atoms with Crippen LogP contribution in [0, 0.1) is 0 Å². The molecule has 0 aliphatic rings. The lowest BCUT2D eigenvalue weighted by Gasteiger charge is -2.22. The zero-order valence-electron chi connectivity index (χ0n) is 13.3. The van der Waals surface area contributed by atoms with Gasteiger partial charge in [-0.25, -0.2) is 8.42 Å². The van der Waals surface area contributed by atoms with Crippen LogP contribution in [0.5, 0.6) is 0 Å². The molecule has 0 bridgehead atoms. The Kier molecular flexibility index (Phi) is 6.23. The molecule has 1 amide bonds. The molecule has 0 saturated heterocycles. The number of anilines is 1. The summed E-state index contributed by atoms with van der Waals surface area (Å²) in [5.41, 5.74) is 1.47. The minimum atomic E-state index is -3.45. The summed E-state index contributed by atoms with van der Waals surface area (Å²) < 4.78 is 25.1. The molecule has 2 rings (SSSR count). The first-order valence-electron chi connectivity index (χ1n) is 7.40. The lowest BCUT2D eigenvalue weighted by Crippen LogP contribution is -2.34. The molecule has 2 aromatic carbocycles. The Hall–Kier alpha value is -2.05. The van der Waals surface area contributed by atoms with Gasteiger partial charge in [0.1, 0.15) is 0 Å². The van der Waals surface area contributed by atoms with Crippen molar-refractivity contribution in [1.82, 2.24) is 5.32 Å². The summed E-state index contributed by atoms with van der Waals surface area (Å²) >= 11 is 5.81. The van der Waals surface area contributed by atoms with Crippen molar-refractivity contribution in [3.8, 4) is 0 Å². The maximum atomic E-state index is 12.0. The largest absolute Gasteiger partial charge is 0.352 e. The SMILES string of the molecule is CS(=O)(=O)N(CCC(=O)NCc1ccc(Cl)cc1)c1ccccc1. The molecule has 0 spiro atoms. The van der Waals surface area contributed by atoms with E-state index in [1.54, 1.807) is 36.4 Å². The van der Waals surface area contributed by atoms with E-state index in [0.29, 0.717) is 17.3 Å². The highest BCUT2D eigenvalue weighted by molar-refractivity contribution is 7.92. The number of halogens is 1. The number of nitrogens with one attached hydrogen (secondary N) is 1. The summed E-state index contributed by atoms with van der Waals surface area (Å²) in [7, 11) is -3.45. The maximum absolute atomic E-state index is 12.0. The predicted molar refractivity (Wildman–Crippen MR) is 96.5 cm³/mol. The van der Waals surface area contributed by atoms with Crippen molar-refractivity contribution in [1.29, 1.82) is 0 Å². The average molecular weight is 367 g/mol. The molecule has 0 saturated carbocycles. The molecule has 7 heteroatoms. The van der Waals surface area contributed by atoms with E-state index < -0.39 is 10.0 Å². The smallest absolute Gasteiger partial charge is 0.232 e. The number of rotatable bonds is 7. The predicted octanol–water partition coefficient (Wildman–Crippen LogP) is 2.81. The van der Waals surface area contributed by atoms with Crippen molar-refractivity contribution in [2.24, 2.45) is 0 Å². The number of sulfonamides is 1. The van der Waals surface area contributed by atoms with Gasteiger partial charge in [-0.15, -0.1) is 0 Å². The van der Waals surface area contributed by atoms with E-state index in [1.807, 2.05) is 18.2 Å². The first-order chi connectivity index (χ1) is 11.4. The van der Waals surface area contributed by atoms with E-state index in [0.717, 1.165) is 11.8 Å². The molecule has 0 unspecified atom stereocenters. The fraction of sp³-hybridized carbons (Fsp3) is 0.235. The van der Waals surface area contributed by atoms with E-state index in [-0.39, 0.29) is 18.9 Å². The fourth-order valence-electron chi connectivity index (χ4n) is 2.18. The van der Waals surface area contributed by atoms with Crippen molar-refractivity contribution < 1.29 is 13.2 Å². The number of carbonyl (C=O) groups excluding carboxylic acids is 1. The van der Waals surface area contributed by atoms with Gasteiger partial charge in [0.2, 0.25) is 15.9 Å². The van der Waals surface area contributed by atoms with Crippen molar-refractivity contribution in [3.63, 3.8) is 0 Å². The Morgan fingerprint density at radius 2 is 1.71 bits per heavy atom. The third kappa shape index (κ3) is 5.54. The highest BCUT2D eigenvalue weighted by atomic mass is 35.5. The van der Waals surface area contributed by atoms with Gasteiger partial charge in [-0.3, -0.25) is 9.10 Å². The molecule has 0 aliphatic carbocycles. The average Bonchev–Trinajstić information content (AvgIpc) is 2.54. The van der Waals surface area contributed by atoms with Crippen LogP contribution in [0.25, 0.3) is 0 Å². The normalized spacial score (nSPS) is 11.1. The second-order valence-corrected chi connectivity index (χ2v) is 7.67. The molecule has 0 aliphatic heterocycles. The number of benzene rings is 2. The number of nitrogens with zero attached hydrogens (tertiary/aromatic N) is 1. The van der Waals surface area contributed by atoms with E-state index in [9.17, 15) is 13.2 Å². The molecule has 1 N–H and O–H groups in total. The van der Waals surface area contributed by atoms with Crippen molar-refractivity contribution in [2.45, 2.75) is 13.0 Å². The van der Waals surface area contributed by atoms with Gasteiger partial charge >= 0.3 is 0 Å². The molecule has 2 aromatic rings. The van der Waals surface area contributed by atoms with Crippen LogP contribution < -0.4 is 9.62 Å². The van der Waals surface area contributed by atoms with Gasteiger partial charge in [-0.05, 0) is 29.8 Å². The maximum Gasteiger partial charge on any atom is 0.232 e. The zero-order valence-corrected chi connectivity index (χ0v) is 14.8. The molecule has 0 fully saturated rings. The highest BCUT2D eigenvalue weighted by Crippen LogP contribution is 2.17. The van der Waals surface area contributed by atoms with Crippen molar-refractivity contribution in [2.75, 3.05) is 17.1 Å². The van der Waals surface area contributed by atoms with Gasteiger partial charge in [0, 0.05) is 24.5 Å². The van der Waals surface area contributed by atoms with Gasteiger partial charge < -0.3 is 5.32 Å². The number of hydrogen-bond donors (Lipinski definition) is 1. The molecule has 5 nitrogen and oxygen atoms in total. The minimum absolute atomic E-state index is 0.0789. The summed E-state index contributed by atoms with van der Waals surface area (Å²) in [6, 6.07) is 15.9. The molecule has 24 heavy (non-hydrogen) atoms. The van der Waals surface area contributed by atoms with Crippen LogP contribution in [0.2, 0.25) is 5.02 Å². The van der Waals surface area contributed by atoms with E-state index in [2.05, 4.69) is 5.32 Å². The summed E-state index contributed by atoms with van der Waals surface area (Å²) in [6.45, 7) is 0.468. The van der Waals surface area contributed by atoms with Crippen molar-refractivity contribution in [3.05, 3.63) is 65.2 Å². The second kappa shape index (κ2) is 8.17. The fourth-order valence-corrected chi connectivity index (χ4v) is 3.23. The minimum Gasteiger partial charge on any atom is -0.352 e. The Balaban J connectivity index is 1.92. The third-order valence-electron chi connectivity index (χ3n) is 3.39. The lowest BCUT2D eigenvalue weighted by atomic mass is 10.2. The van der Waals surface area contributed by atoms with Gasteiger partial charge in [0.15, 0.2) is 0 Å². The van der Waals surface area contributed by atoms with Crippen LogP contribution in [0.3, 0.4) is 0 Å². The third-order valence-corrected chi connectivity index (χ3v) is 4.84. The molecule has 0 aromatic heterocycles. The number of amides is 1. The Morgan fingerprint density at radius 3 is 2.29 bits per heavy atom. The van der Waals surface area contributed by atoms with Crippen LogP contribution in [0.4, 0.5) is 5.69 Å². The van der Waals surface area contributed by atoms with Crippen LogP contribution in [-0.4, -0.2) is 27.1 Å². The van der Waals surface area contributed by atoms with E-state index >= 15 is 0 Å². The van der Waals surface area contributed by atoms with Gasteiger partial charge in [0.05, 0.1) is 11.9 Å². The van der Waals surface area contributed by atoms with Crippen LogP contribution in [-0.2, 0) is 21.4 Å². The zero-order chi connectivity index (χ0) is 17.6. The Labute approximate surface area is 147 Å². The molecular weight excluding hydrogens is 348 g/mol. The van der Waals surface area contributed by atoms with E-state index in [1.165, 1.54) is 4.31 Å². The first-order valence-corrected chi connectivity index (χ1v) is 9.63. The molecule has 0 atom stereocenters. The van der Waals surface area contributed by atoms with Crippen LogP contribution in [0.1, 0.15) is 12.0 Å². The summed E-state index contributed by atoms with van der Waals surface area (Å²) in [5.74, 6) is -0.213. The summed E-state index contributed by atoms with van der Waals surface area (Å²) in [4.78, 5) is 12.0. The number of carbonyl (C=O) groups is 1. The molecule has 128 valence electrons. The quantitative estimate of drug-likeness (QED) is 0.819. The number of para-hydroxylation sites is 1. The van der Waals surface area contributed by atoms with E-state index in [4.69, 9.17) is 11.6 Å². The number of hydrogen-bond acceptors (Lipinski definition) is 3. The Morgan fingerprint density at radius 1 is 1.08 bits per heavy atom. The second-order valence-electron chi connectivity index (χ2n) is 5.32. The van der Waals surface area contributed by atoms with Crippen LogP contribution in [0.15, 0.2) is 54.6 Å². The Bertz CT molecular complexity index is 777. The van der Waals surface area contributed by atoms with Crippen LogP contribution >= 0.6 is 11.6 Å². The van der Waals surface area contributed by atoms with Gasteiger partial charge in [-0.1, -0.05) is 41.9 Å².